The van der Waals surface area contributed by atoms with Crippen LogP contribution in [0.3, 0.4) is 0 Å². The third-order valence-electron chi connectivity index (χ3n) is 5.11. The lowest BCUT2D eigenvalue weighted by atomic mass is 10.0. The average Bonchev–Trinajstić information content (AvgIpc) is 3.00. The highest BCUT2D eigenvalue weighted by Crippen LogP contribution is 2.33. The molecule has 1 aliphatic heterocycles. The van der Waals surface area contributed by atoms with E-state index in [9.17, 15) is 4.79 Å². The minimum atomic E-state index is -0.148. The van der Waals surface area contributed by atoms with Crippen molar-refractivity contribution in [1.29, 1.82) is 0 Å². The zero-order valence-electron chi connectivity index (χ0n) is 15.6. The van der Waals surface area contributed by atoms with Crippen LogP contribution in [0.1, 0.15) is 50.1 Å². The van der Waals surface area contributed by atoms with Crippen LogP contribution in [-0.2, 0) is 36.1 Å². The lowest BCUT2D eigenvalue weighted by Crippen LogP contribution is -2.24. The highest BCUT2D eigenvalue weighted by molar-refractivity contribution is 5.90. The van der Waals surface area contributed by atoms with Crippen molar-refractivity contribution in [3.8, 4) is 0 Å². The molecule has 0 aliphatic carbocycles. The van der Waals surface area contributed by atoms with Crippen molar-refractivity contribution in [2.75, 3.05) is 0 Å². The highest BCUT2D eigenvalue weighted by atomic mass is 16.5. The van der Waals surface area contributed by atoms with Crippen LogP contribution >= 0.6 is 0 Å². The van der Waals surface area contributed by atoms with Crippen molar-refractivity contribution in [2.24, 2.45) is 7.05 Å². The van der Waals surface area contributed by atoms with Crippen molar-refractivity contribution in [1.82, 2.24) is 9.47 Å². The van der Waals surface area contributed by atoms with Gasteiger partial charge < -0.3 is 9.30 Å². The summed E-state index contributed by atoms with van der Waals surface area (Å²) in [6.07, 6.45) is 0.269. The first kappa shape index (κ1) is 17.0. The first-order valence-corrected chi connectivity index (χ1v) is 8.81. The standard InChI is InChI=1S/C20H28N2O2/c1-12(2)22-10-15-7-18-17(9-20(23)24-13(3)4)14(5)21(6)19(18)8-16(15)11-22/h7-8,12-13H,9-11H2,1-6H3. The average molecular weight is 328 g/mol. The molecule has 0 radical (unpaired) electrons. The summed E-state index contributed by atoms with van der Waals surface area (Å²) in [4.78, 5) is 14.6. The number of hydrogen-bond acceptors (Lipinski definition) is 3. The fourth-order valence-corrected chi connectivity index (χ4v) is 3.60. The molecule has 0 atom stereocenters. The van der Waals surface area contributed by atoms with Crippen molar-refractivity contribution in [2.45, 2.75) is 66.3 Å². The monoisotopic (exact) mass is 328 g/mol. The van der Waals surface area contributed by atoms with E-state index in [1.54, 1.807) is 0 Å². The number of hydrogen-bond donors (Lipinski definition) is 0. The van der Waals surface area contributed by atoms with Gasteiger partial charge in [0.2, 0.25) is 0 Å². The zero-order chi connectivity index (χ0) is 17.6. The van der Waals surface area contributed by atoms with E-state index in [2.05, 4.69) is 49.4 Å². The number of rotatable bonds is 4. The molecule has 0 fully saturated rings. The molecule has 4 nitrogen and oxygen atoms in total. The largest absolute Gasteiger partial charge is 0.463 e. The van der Waals surface area contributed by atoms with Crippen LogP contribution < -0.4 is 0 Å². The Labute approximate surface area is 144 Å². The van der Waals surface area contributed by atoms with E-state index in [0.29, 0.717) is 12.5 Å². The van der Waals surface area contributed by atoms with Crippen LogP contribution in [-0.4, -0.2) is 27.6 Å². The maximum Gasteiger partial charge on any atom is 0.310 e. The topological polar surface area (TPSA) is 34.5 Å². The number of nitrogens with zero attached hydrogens (tertiary/aromatic N) is 2. The van der Waals surface area contributed by atoms with E-state index in [1.807, 2.05) is 13.8 Å². The number of aryl methyl sites for hydroxylation is 1. The molecule has 2 aromatic rings. The molecule has 0 saturated heterocycles. The summed E-state index contributed by atoms with van der Waals surface area (Å²) in [5.74, 6) is -0.148. The summed E-state index contributed by atoms with van der Waals surface area (Å²) < 4.78 is 7.55. The minimum Gasteiger partial charge on any atom is -0.463 e. The Morgan fingerprint density at radius 2 is 1.79 bits per heavy atom. The fourth-order valence-electron chi connectivity index (χ4n) is 3.60. The molecule has 4 heteroatoms. The van der Waals surface area contributed by atoms with E-state index in [4.69, 9.17) is 4.74 Å². The lowest BCUT2D eigenvalue weighted by Gasteiger charge is -2.18. The maximum absolute atomic E-state index is 12.2. The molecule has 1 aromatic carbocycles. The molecule has 0 spiro atoms. The zero-order valence-corrected chi connectivity index (χ0v) is 15.6. The van der Waals surface area contributed by atoms with Gasteiger partial charge in [-0.2, -0.15) is 0 Å². The number of benzene rings is 1. The molecule has 3 rings (SSSR count). The fraction of sp³-hybridized carbons (Fsp3) is 0.550. The van der Waals surface area contributed by atoms with Gasteiger partial charge in [-0.05, 0) is 63.4 Å². The maximum atomic E-state index is 12.2. The highest BCUT2D eigenvalue weighted by Gasteiger charge is 2.24. The molecule has 0 amide bonds. The lowest BCUT2D eigenvalue weighted by molar-refractivity contribution is -0.146. The van der Waals surface area contributed by atoms with Crippen molar-refractivity contribution < 1.29 is 9.53 Å². The van der Waals surface area contributed by atoms with Crippen LogP contribution in [0.5, 0.6) is 0 Å². The third kappa shape index (κ3) is 2.95. The third-order valence-corrected chi connectivity index (χ3v) is 5.11. The molecule has 2 heterocycles. The molecule has 0 N–H and O–H groups in total. The number of carbonyl (C=O) groups excluding carboxylic acids is 1. The van der Waals surface area contributed by atoms with Crippen LogP contribution in [0.4, 0.5) is 0 Å². The Balaban J connectivity index is 2.01. The first-order chi connectivity index (χ1) is 11.3. The van der Waals surface area contributed by atoms with E-state index in [1.165, 1.54) is 22.0 Å². The van der Waals surface area contributed by atoms with Crippen LogP contribution in [0.2, 0.25) is 0 Å². The Hall–Kier alpha value is -1.81. The van der Waals surface area contributed by atoms with Crippen LogP contribution in [0.25, 0.3) is 10.9 Å². The van der Waals surface area contributed by atoms with E-state index in [0.717, 1.165) is 24.3 Å². The minimum absolute atomic E-state index is 0.0726. The molecule has 0 unspecified atom stereocenters. The quantitative estimate of drug-likeness (QED) is 0.803. The van der Waals surface area contributed by atoms with Gasteiger partial charge in [0.1, 0.15) is 0 Å². The molecule has 130 valence electrons. The Kier molecular flexibility index (Phi) is 4.43. The first-order valence-electron chi connectivity index (χ1n) is 8.81. The number of aromatic nitrogens is 1. The molecule has 1 aromatic heterocycles. The Bertz CT molecular complexity index is 787. The number of fused-ring (bicyclic) bond motifs is 2. The number of ether oxygens (including phenoxy) is 1. The molecular weight excluding hydrogens is 300 g/mol. The van der Waals surface area contributed by atoms with Gasteiger partial charge in [-0.1, -0.05) is 0 Å². The molecular formula is C20H28N2O2. The SMILES string of the molecule is Cc1c(CC(=O)OC(C)C)c2cc3c(cc2n1C)CN(C(C)C)C3. The van der Waals surface area contributed by atoms with Crippen molar-refractivity contribution in [3.05, 3.63) is 34.5 Å². The predicted octanol–water partition coefficient (Wildman–Crippen LogP) is 3.70. The number of esters is 1. The molecule has 0 saturated carbocycles. The molecule has 0 bridgehead atoms. The van der Waals surface area contributed by atoms with E-state index < -0.39 is 0 Å². The number of carbonyl (C=O) groups is 1. The summed E-state index contributed by atoms with van der Waals surface area (Å²) in [6.45, 7) is 12.4. The molecule has 24 heavy (non-hydrogen) atoms. The predicted molar refractivity (Wildman–Crippen MR) is 97.0 cm³/mol. The van der Waals surface area contributed by atoms with Gasteiger partial charge >= 0.3 is 5.97 Å². The summed E-state index contributed by atoms with van der Waals surface area (Å²) >= 11 is 0. The van der Waals surface area contributed by atoms with Gasteiger partial charge in [0.05, 0.1) is 12.5 Å². The molecule has 1 aliphatic rings. The van der Waals surface area contributed by atoms with Crippen LogP contribution in [0, 0.1) is 6.92 Å². The van der Waals surface area contributed by atoms with Gasteiger partial charge in [-0.25, -0.2) is 0 Å². The second kappa shape index (κ2) is 6.25. The summed E-state index contributed by atoms with van der Waals surface area (Å²) in [6, 6.07) is 5.14. The van der Waals surface area contributed by atoms with E-state index in [-0.39, 0.29) is 12.1 Å². The van der Waals surface area contributed by atoms with Crippen LogP contribution in [0.15, 0.2) is 12.1 Å². The normalized spacial score (nSPS) is 14.8. The van der Waals surface area contributed by atoms with Gasteiger partial charge in [0.15, 0.2) is 0 Å². The summed E-state index contributed by atoms with van der Waals surface area (Å²) in [5.41, 5.74) is 6.26. The Morgan fingerprint density at radius 3 is 2.38 bits per heavy atom. The second-order valence-corrected chi connectivity index (χ2v) is 7.48. The summed E-state index contributed by atoms with van der Waals surface area (Å²) in [7, 11) is 2.08. The van der Waals surface area contributed by atoms with Gasteiger partial charge in [0.25, 0.3) is 0 Å². The summed E-state index contributed by atoms with van der Waals surface area (Å²) in [5, 5.41) is 1.19. The van der Waals surface area contributed by atoms with E-state index >= 15 is 0 Å². The van der Waals surface area contributed by atoms with Crippen molar-refractivity contribution >= 4 is 16.9 Å². The van der Waals surface area contributed by atoms with Gasteiger partial charge in [-0.15, -0.1) is 0 Å². The smallest absolute Gasteiger partial charge is 0.310 e. The van der Waals surface area contributed by atoms with Gasteiger partial charge in [-0.3, -0.25) is 9.69 Å². The van der Waals surface area contributed by atoms with Gasteiger partial charge in [0, 0.05) is 42.8 Å². The Morgan fingerprint density at radius 1 is 1.17 bits per heavy atom. The van der Waals surface area contributed by atoms with Crippen molar-refractivity contribution in [3.63, 3.8) is 0 Å². The second-order valence-electron chi connectivity index (χ2n) is 7.48.